The molecule has 2 aromatic rings. The number of hydrogen-bond acceptors (Lipinski definition) is 5. The largest absolute Gasteiger partial charge is 0.504 e. The first-order valence-corrected chi connectivity index (χ1v) is 10.1. The second-order valence-electron chi connectivity index (χ2n) is 6.24. The molecule has 0 saturated heterocycles. The number of fused-ring (bicyclic) bond motifs is 3. The zero-order valence-electron chi connectivity index (χ0n) is 13.8. The molecule has 5 nitrogen and oxygen atoms in total. The number of aromatic hydroxyl groups is 1. The van der Waals surface area contributed by atoms with Crippen molar-refractivity contribution in [3.05, 3.63) is 38.2 Å². The Hall–Kier alpha value is -1.73. The second-order valence-corrected chi connectivity index (χ2v) is 8.26. The van der Waals surface area contributed by atoms with Gasteiger partial charge in [-0.05, 0) is 50.3 Å². The van der Waals surface area contributed by atoms with Crippen LogP contribution >= 0.6 is 27.3 Å². The Balaban J connectivity index is 1.72. The van der Waals surface area contributed by atoms with E-state index in [1.54, 1.807) is 23.5 Å². The van der Waals surface area contributed by atoms with E-state index < -0.39 is 6.17 Å². The molecule has 132 valence electrons. The molecule has 1 aliphatic carbocycles. The number of rotatable bonds is 3. The Morgan fingerprint density at radius 1 is 1.32 bits per heavy atom. The SMILES string of the molecule is CCOc1cc(Br)cc(C2NC(=O)c3c(sc4c3CCCC4)N2)c1O. The standard InChI is InChI=1S/C18H19BrN2O3S/c1-2-24-12-8-9(19)7-11(15(12)22)16-20-17(23)14-10-5-3-4-6-13(10)25-18(14)21-16/h7-8,16,21-22H,2-6H2,1H3,(H,20,23). The Morgan fingerprint density at radius 2 is 2.12 bits per heavy atom. The predicted octanol–water partition coefficient (Wildman–Crippen LogP) is 4.35. The number of benzene rings is 1. The highest BCUT2D eigenvalue weighted by molar-refractivity contribution is 9.10. The highest BCUT2D eigenvalue weighted by Gasteiger charge is 2.33. The fourth-order valence-electron chi connectivity index (χ4n) is 3.51. The molecule has 0 saturated carbocycles. The summed E-state index contributed by atoms with van der Waals surface area (Å²) >= 11 is 5.12. The molecule has 2 heterocycles. The Bertz CT molecular complexity index is 849. The number of halogens is 1. The van der Waals surface area contributed by atoms with Gasteiger partial charge in [0.2, 0.25) is 0 Å². The summed E-state index contributed by atoms with van der Waals surface area (Å²) in [6.45, 7) is 2.32. The molecule has 0 radical (unpaired) electrons. The number of carbonyl (C=O) groups excluding carboxylic acids is 1. The van der Waals surface area contributed by atoms with Crippen molar-refractivity contribution in [1.29, 1.82) is 0 Å². The molecule has 0 bridgehead atoms. The van der Waals surface area contributed by atoms with Gasteiger partial charge < -0.3 is 20.5 Å². The van der Waals surface area contributed by atoms with Gasteiger partial charge in [-0.15, -0.1) is 11.3 Å². The van der Waals surface area contributed by atoms with Crippen LogP contribution in [0, 0.1) is 0 Å². The molecule has 3 N–H and O–H groups in total. The highest BCUT2D eigenvalue weighted by Crippen LogP contribution is 2.44. The molecular formula is C18H19BrN2O3S. The van der Waals surface area contributed by atoms with Crippen LogP contribution in [-0.2, 0) is 12.8 Å². The average molecular weight is 423 g/mol. The van der Waals surface area contributed by atoms with Gasteiger partial charge in [-0.25, -0.2) is 0 Å². The Morgan fingerprint density at radius 3 is 2.92 bits per heavy atom. The van der Waals surface area contributed by atoms with E-state index >= 15 is 0 Å². The third-order valence-electron chi connectivity index (χ3n) is 4.63. The first kappa shape index (κ1) is 16.7. The minimum atomic E-state index is -0.489. The molecular weight excluding hydrogens is 404 g/mol. The van der Waals surface area contributed by atoms with Gasteiger partial charge in [-0.1, -0.05) is 15.9 Å². The van der Waals surface area contributed by atoms with Gasteiger partial charge >= 0.3 is 0 Å². The highest BCUT2D eigenvalue weighted by atomic mass is 79.9. The van der Waals surface area contributed by atoms with Gasteiger partial charge in [0.25, 0.3) is 5.91 Å². The van der Waals surface area contributed by atoms with Crippen LogP contribution in [0.3, 0.4) is 0 Å². The van der Waals surface area contributed by atoms with Crippen LogP contribution < -0.4 is 15.4 Å². The number of nitrogens with one attached hydrogen (secondary N) is 2. The number of phenolic OH excluding ortho intramolecular Hbond substituents is 1. The number of anilines is 1. The summed E-state index contributed by atoms with van der Waals surface area (Å²) in [4.78, 5) is 14.1. The summed E-state index contributed by atoms with van der Waals surface area (Å²) in [5, 5.41) is 17.8. The number of hydrogen-bond donors (Lipinski definition) is 3. The molecule has 1 unspecified atom stereocenters. The minimum Gasteiger partial charge on any atom is -0.504 e. The third-order valence-corrected chi connectivity index (χ3v) is 6.31. The van der Waals surface area contributed by atoms with Crippen LogP contribution in [0.2, 0.25) is 0 Å². The molecule has 1 aliphatic heterocycles. The molecule has 2 aliphatic rings. The van der Waals surface area contributed by atoms with Crippen LogP contribution in [0.4, 0.5) is 5.00 Å². The summed E-state index contributed by atoms with van der Waals surface area (Å²) in [5.74, 6) is 0.377. The molecule has 1 aromatic carbocycles. The van der Waals surface area contributed by atoms with Gasteiger partial charge in [0, 0.05) is 14.9 Å². The van der Waals surface area contributed by atoms with Crippen molar-refractivity contribution in [2.24, 2.45) is 0 Å². The second kappa shape index (κ2) is 6.53. The molecule has 1 atom stereocenters. The summed E-state index contributed by atoms with van der Waals surface area (Å²) in [6.07, 6.45) is 3.84. The lowest BCUT2D eigenvalue weighted by molar-refractivity contribution is 0.0935. The van der Waals surface area contributed by atoms with Crippen LogP contribution in [0.25, 0.3) is 0 Å². The number of carbonyl (C=O) groups is 1. The van der Waals surface area contributed by atoms with Gasteiger partial charge in [0.1, 0.15) is 11.2 Å². The first-order chi connectivity index (χ1) is 12.1. The number of amides is 1. The van der Waals surface area contributed by atoms with Crippen molar-refractivity contribution < 1.29 is 14.6 Å². The average Bonchev–Trinajstić information content (AvgIpc) is 2.96. The van der Waals surface area contributed by atoms with E-state index in [0.29, 0.717) is 17.9 Å². The first-order valence-electron chi connectivity index (χ1n) is 8.45. The van der Waals surface area contributed by atoms with Gasteiger partial charge in [-0.3, -0.25) is 4.79 Å². The molecule has 25 heavy (non-hydrogen) atoms. The summed E-state index contributed by atoms with van der Waals surface area (Å²) in [7, 11) is 0. The number of ether oxygens (including phenoxy) is 1. The van der Waals surface area contributed by atoms with Crippen molar-refractivity contribution in [2.45, 2.75) is 38.8 Å². The van der Waals surface area contributed by atoms with E-state index in [9.17, 15) is 9.90 Å². The van der Waals surface area contributed by atoms with E-state index in [0.717, 1.165) is 34.3 Å². The molecule has 4 rings (SSSR count). The normalized spacial score (nSPS) is 18.8. The van der Waals surface area contributed by atoms with Crippen LogP contribution in [-0.4, -0.2) is 17.6 Å². The van der Waals surface area contributed by atoms with Gasteiger partial charge in [0.15, 0.2) is 11.5 Å². The van der Waals surface area contributed by atoms with Gasteiger partial charge in [0.05, 0.1) is 12.2 Å². The van der Waals surface area contributed by atoms with Crippen molar-refractivity contribution >= 4 is 38.2 Å². The number of thiophene rings is 1. The zero-order valence-corrected chi connectivity index (χ0v) is 16.2. The van der Waals surface area contributed by atoms with Crippen molar-refractivity contribution in [1.82, 2.24) is 5.32 Å². The predicted molar refractivity (Wildman–Crippen MR) is 102 cm³/mol. The Kier molecular flexibility index (Phi) is 4.37. The summed E-state index contributed by atoms with van der Waals surface area (Å²) < 4.78 is 6.28. The van der Waals surface area contributed by atoms with Crippen molar-refractivity contribution in [3.63, 3.8) is 0 Å². The van der Waals surface area contributed by atoms with E-state index in [-0.39, 0.29) is 11.7 Å². The van der Waals surface area contributed by atoms with Crippen LogP contribution in [0.15, 0.2) is 16.6 Å². The van der Waals surface area contributed by atoms with Gasteiger partial charge in [-0.2, -0.15) is 0 Å². The lowest BCUT2D eigenvalue weighted by Gasteiger charge is -2.28. The fraction of sp³-hybridized carbons (Fsp3) is 0.389. The lowest BCUT2D eigenvalue weighted by atomic mass is 9.94. The third kappa shape index (κ3) is 2.89. The van der Waals surface area contributed by atoms with E-state index in [1.165, 1.54) is 16.9 Å². The fourth-order valence-corrected chi connectivity index (χ4v) is 5.28. The Labute approximate surface area is 158 Å². The van der Waals surface area contributed by atoms with E-state index in [4.69, 9.17) is 4.74 Å². The van der Waals surface area contributed by atoms with Crippen LogP contribution in [0.1, 0.15) is 52.3 Å². The van der Waals surface area contributed by atoms with E-state index in [1.807, 2.05) is 6.92 Å². The molecule has 7 heteroatoms. The molecule has 1 amide bonds. The maximum atomic E-state index is 12.7. The van der Waals surface area contributed by atoms with Crippen LogP contribution in [0.5, 0.6) is 11.5 Å². The molecule has 0 spiro atoms. The maximum Gasteiger partial charge on any atom is 0.256 e. The summed E-state index contributed by atoms with van der Waals surface area (Å²) in [5.41, 5.74) is 2.57. The quantitative estimate of drug-likeness (QED) is 0.687. The monoisotopic (exact) mass is 422 g/mol. The minimum absolute atomic E-state index is 0.0487. The molecule has 1 aromatic heterocycles. The molecule has 0 fully saturated rings. The number of aryl methyl sites for hydroxylation is 1. The topological polar surface area (TPSA) is 70.6 Å². The van der Waals surface area contributed by atoms with E-state index in [2.05, 4.69) is 26.6 Å². The smallest absolute Gasteiger partial charge is 0.256 e. The zero-order chi connectivity index (χ0) is 17.6. The van der Waals surface area contributed by atoms with Crippen molar-refractivity contribution in [2.75, 3.05) is 11.9 Å². The summed E-state index contributed by atoms with van der Waals surface area (Å²) in [6, 6.07) is 3.52. The number of phenols is 1. The maximum absolute atomic E-state index is 12.7. The lowest BCUT2D eigenvalue weighted by Crippen LogP contribution is -2.38. The van der Waals surface area contributed by atoms with Crippen molar-refractivity contribution in [3.8, 4) is 11.5 Å².